The van der Waals surface area contributed by atoms with E-state index in [9.17, 15) is 4.79 Å². The molecule has 84 valence electrons. The summed E-state index contributed by atoms with van der Waals surface area (Å²) >= 11 is 0. The maximum Gasteiger partial charge on any atom is 0.250 e. The standard InChI is InChI=1S/C12H20N2O/c1-9(12(2,3)4)7-14-8-10(13)5-6-11(14)15/h5-6,8-9H,7,13H2,1-4H3. The van der Waals surface area contributed by atoms with Crippen LogP contribution in [0.15, 0.2) is 23.1 Å². The van der Waals surface area contributed by atoms with Crippen molar-refractivity contribution in [1.82, 2.24) is 4.57 Å². The predicted molar refractivity (Wildman–Crippen MR) is 63.7 cm³/mol. The van der Waals surface area contributed by atoms with Gasteiger partial charge in [0, 0.05) is 24.5 Å². The Bertz CT molecular complexity index is 387. The van der Waals surface area contributed by atoms with Crippen LogP contribution < -0.4 is 11.3 Å². The lowest BCUT2D eigenvalue weighted by atomic mass is 9.82. The Labute approximate surface area is 90.9 Å². The van der Waals surface area contributed by atoms with Gasteiger partial charge in [0.15, 0.2) is 0 Å². The van der Waals surface area contributed by atoms with Gasteiger partial charge in [-0.1, -0.05) is 27.7 Å². The highest BCUT2D eigenvalue weighted by molar-refractivity contribution is 5.33. The largest absolute Gasteiger partial charge is 0.398 e. The maximum atomic E-state index is 11.5. The van der Waals surface area contributed by atoms with Gasteiger partial charge in [0.25, 0.3) is 5.56 Å². The molecular formula is C12H20N2O. The van der Waals surface area contributed by atoms with E-state index in [1.165, 1.54) is 6.07 Å². The van der Waals surface area contributed by atoms with Gasteiger partial charge in [-0.05, 0) is 17.4 Å². The van der Waals surface area contributed by atoms with Gasteiger partial charge in [0.05, 0.1) is 0 Å². The summed E-state index contributed by atoms with van der Waals surface area (Å²) in [6.07, 6.45) is 1.71. The van der Waals surface area contributed by atoms with E-state index >= 15 is 0 Å². The van der Waals surface area contributed by atoms with Crippen molar-refractivity contribution in [2.75, 3.05) is 5.73 Å². The van der Waals surface area contributed by atoms with Crippen LogP contribution in [0.1, 0.15) is 27.7 Å². The van der Waals surface area contributed by atoms with E-state index in [-0.39, 0.29) is 11.0 Å². The highest BCUT2D eigenvalue weighted by Crippen LogP contribution is 2.26. The molecule has 2 N–H and O–H groups in total. The normalized spacial score (nSPS) is 13.9. The van der Waals surface area contributed by atoms with Gasteiger partial charge in [-0.25, -0.2) is 0 Å². The molecule has 15 heavy (non-hydrogen) atoms. The van der Waals surface area contributed by atoms with Crippen molar-refractivity contribution in [2.24, 2.45) is 11.3 Å². The topological polar surface area (TPSA) is 48.0 Å². The van der Waals surface area contributed by atoms with Gasteiger partial charge >= 0.3 is 0 Å². The number of anilines is 1. The van der Waals surface area contributed by atoms with Crippen LogP contribution in [0.25, 0.3) is 0 Å². The monoisotopic (exact) mass is 208 g/mol. The van der Waals surface area contributed by atoms with Gasteiger partial charge in [-0.2, -0.15) is 0 Å². The molecule has 1 aromatic heterocycles. The number of nitrogens with two attached hydrogens (primary N) is 1. The van der Waals surface area contributed by atoms with E-state index in [1.807, 2.05) is 0 Å². The smallest absolute Gasteiger partial charge is 0.250 e. The second-order valence-electron chi connectivity index (χ2n) is 5.22. The summed E-state index contributed by atoms with van der Waals surface area (Å²) in [6.45, 7) is 9.39. The molecular weight excluding hydrogens is 188 g/mol. The Balaban J connectivity index is 2.90. The van der Waals surface area contributed by atoms with Crippen molar-refractivity contribution < 1.29 is 0 Å². The fraction of sp³-hybridized carbons (Fsp3) is 0.583. The Kier molecular flexibility index (Phi) is 3.22. The zero-order valence-electron chi connectivity index (χ0n) is 9.95. The SMILES string of the molecule is CC(Cn1cc(N)ccc1=O)C(C)(C)C. The third-order valence-corrected chi connectivity index (χ3v) is 2.96. The van der Waals surface area contributed by atoms with Gasteiger partial charge in [0.2, 0.25) is 0 Å². The van der Waals surface area contributed by atoms with Crippen molar-refractivity contribution in [3.63, 3.8) is 0 Å². The molecule has 0 aliphatic rings. The third kappa shape index (κ3) is 3.11. The predicted octanol–water partition coefficient (Wildman–Crippen LogP) is 2.11. The molecule has 0 fully saturated rings. The number of pyridine rings is 1. The van der Waals surface area contributed by atoms with Crippen LogP contribution in [0.4, 0.5) is 5.69 Å². The van der Waals surface area contributed by atoms with Gasteiger partial charge in [-0.3, -0.25) is 4.79 Å². The molecule has 0 saturated heterocycles. The first-order chi connectivity index (χ1) is 6.80. The molecule has 3 nitrogen and oxygen atoms in total. The molecule has 1 heterocycles. The fourth-order valence-corrected chi connectivity index (χ4v) is 1.26. The average molecular weight is 208 g/mol. The van der Waals surface area contributed by atoms with Crippen LogP contribution in [0.5, 0.6) is 0 Å². The molecule has 0 amide bonds. The van der Waals surface area contributed by atoms with E-state index < -0.39 is 0 Å². The Morgan fingerprint density at radius 3 is 2.53 bits per heavy atom. The number of nitrogens with zero attached hydrogens (tertiary/aromatic N) is 1. The minimum Gasteiger partial charge on any atom is -0.398 e. The molecule has 0 saturated carbocycles. The molecule has 1 unspecified atom stereocenters. The van der Waals surface area contributed by atoms with Crippen LogP contribution in [-0.4, -0.2) is 4.57 Å². The number of rotatable bonds is 2. The molecule has 0 spiro atoms. The summed E-state index contributed by atoms with van der Waals surface area (Å²) in [5.74, 6) is 0.428. The highest BCUT2D eigenvalue weighted by atomic mass is 16.1. The summed E-state index contributed by atoms with van der Waals surface area (Å²) in [4.78, 5) is 11.5. The minimum atomic E-state index is 0.0142. The molecule has 3 heteroatoms. The average Bonchev–Trinajstić information content (AvgIpc) is 2.09. The van der Waals surface area contributed by atoms with Gasteiger partial charge < -0.3 is 10.3 Å². The lowest BCUT2D eigenvalue weighted by Gasteiger charge is -2.27. The summed E-state index contributed by atoms with van der Waals surface area (Å²) in [6, 6.07) is 3.16. The van der Waals surface area contributed by atoms with E-state index in [1.54, 1.807) is 16.8 Å². The van der Waals surface area contributed by atoms with Crippen molar-refractivity contribution in [3.05, 3.63) is 28.7 Å². The lowest BCUT2D eigenvalue weighted by Crippen LogP contribution is -2.28. The summed E-state index contributed by atoms with van der Waals surface area (Å²) in [7, 11) is 0. The van der Waals surface area contributed by atoms with E-state index in [4.69, 9.17) is 5.73 Å². The van der Waals surface area contributed by atoms with Crippen molar-refractivity contribution in [2.45, 2.75) is 34.2 Å². The fourth-order valence-electron chi connectivity index (χ4n) is 1.26. The second kappa shape index (κ2) is 4.09. The number of hydrogen-bond donors (Lipinski definition) is 1. The molecule has 1 aromatic rings. The molecule has 0 radical (unpaired) electrons. The highest BCUT2D eigenvalue weighted by Gasteiger charge is 2.20. The third-order valence-electron chi connectivity index (χ3n) is 2.96. The van der Waals surface area contributed by atoms with Crippen molar-refractivity contribution >= 4 is 5.69 Å². The van der Waals surface area contributed by atoms with Crippen LogP contribution in [0, 0.1) is 11.3 Å². The van der Waals surface area contributed by atoms with Gasteiger partial charge in [0.1, 0.15) is 0 Å². The van der Waals surface area contributed by atoms with E-state index in [0.717, 1.165) is 0 Å². The van der Waals surface area contributed by atoms with Gasteiger partial charge in [-0.15, -0.1) is 0 Å². The summed E-state index contributed by atoms with van der Waals surface area (Å²) in [5.41, 5.74) is 6.50. The van der Waals surface area contributed by atoms with E-state index in [0.29, 0.717) is 18.2 Å². The second-order valence-corrected chi connectivity index (χ2v) is 5.22. The maximum absolute atomic E-state index is 11.5. The molecule has 0 bridgehead atoms. The Morgan fingerprint density at radius 1 is 1.40 bits per heavy atom. The molecule has 0 aliphatic carbocycles. The first kappa shape index (κ1) is 11.8. The van der Waals surface area contributed by atoms with Crippen LogP contribution in [0.3, 0.4) is 0 Å². The zero-order chi connectivity index (χ0) is 11.6. The first-order valence-corrected chi connectivity index (χ1v) is 5.26. The molecule has 1 rings (SSSR count). The number of nitrogen functional groups attached to an aromatic ring is 1. The van der Waals surface area contributed by atoms with Crippen LogP contribution >= 0.6 is 0 Å². The van der Waals surface area contributed by atoms with Crippen LogP contribution in [-0.2, 0) is 6.54 Å². The number of hydrogen-bond acceptors (Lipinski definition) is 2. The number of aromatic nitrogens is 1. The summed E-state index contributed by atoms with van der Waals surface area (Å²) in [5, 5.41) is 0. The van der Waals surface area contributed by atoms with Crippen molar-refractivity contribution in [1.29, 1.82) is 0 Å². The first-order valence-electron chi connectivity index (χ1n) is 5.26. The molecule has 1 atom stereocenters. The molecule has 0 aromatic carbocycles. The quantitative estimate of drug-likeness (QED) is 0.809. The minimum absolute atomic E-state index is 0.0142. The Morgan fingerprint density at radius 2 is 2.00 bits per heavy atom. The van der Waals surface area contributed by atoms with E-state index in [2.05, 4.69) is 27.7 Å². The molecule has 0 aliphatic heterocycles. The lowest BCUT2D eigenvalue weighted by molar-refractivity contribution is 0.231. The zero-order valence-corrected chi connectivity index (χ0v) is 9.95. The summed E-state index contributed by atoms with van der Waals surface area (Å²) < 4.78 is 1.69. The Hall–Kier alpha value is -1.25. The van der Waals surface area contributed by atoms with Crippen molar-refractivity contribution in [3.8, 4) is 0 Å². The van der Waals surface area contributed by atoms with Crippen LogP contribution in [0.2, 0.25) is 0 Å².